The van der Waals surface area contributed by atoms with Crippen molar-refractivity contribution in [2.24, 2.45) is 0 Å². The molecule has 5 heteroatoms. The molecule has 0 aliphatic rings. The van der Waals surface area contributed by atoms with Crippen molar-refractivity contribution in [1.82, 2.24) is 5.32 Å². The van der Waals surface area contributed by atoms with Gasteiger partial charge in [-0.2, -0.15) is 0 Å². The fourth-order valence-corrected chi connectivity index (χ4v) is 2.47. The number of halogens is 1. The van der Waals surface area contributed by atoms with E-state index >= 15 is 0 Å². The summed E-state index contributed by atoms with van der Waals surface area (Å²) in [5.41, 5.74) is 2.21. The van der Waals surface area contributed by atoms with Crippen LogP contribution in [0.15, 0.2) is 48.5 Å². The Morgan fingerprint density at radius 2 is 1.96 bits per heavy atom. The van der Waals surface area contributed by atoms with Gasteiger partial charge in [0.15, 0.2) is 0 Å². The minimum Gasteiger partial charge on any atom is -0.396 e. The lowest BCUT2D eigenvalue weighted by Gasteiger charge is -2.17. The molecule has 0 aliphatic heterocycles. The third kappa shape index (κ3) is 5.38. The van der Waals surface area contributed by atoms with Crippen molar-refractivity contribution in [3.8, 4) is 0 Å². The van der Waals surface area contributed by atoms with E-state index in [1.807, 2.05) is 30.3 Å². The van der Waals surface area contributed by atoms with Gasteiger partial charge in [0.05, 0.1) is 0 Å². The minimum absolute atomic E-state index is 0.0289. The molecule has 0 saturated heterocycles. The summed E-state index contributed by atoms with van der Waals surface area (Å²) in [6, 6.07) is 13.7. The SMILES string of the molecule is Cc1cc(F)cc(NC(=O)NCC(CCO)c2ccccc2)c1. The second kappa shape index (κ2) is 8.29. The van der Waals surface area contributed by atoms with Crippen molar-refractivity contribution in [1.29, 1.82) is 0 Å². The molecule has 1 atom stereocenters. The van der Waals surface area contributed by atoms with Gasteiger partial charge < -0.3 is 15.7 Å². The average Bonchev–Trinajstić information content (AvgIpc) is 2.51. The van der Waals surface area contributed by atoms with Gasteiger partial charge in [0.1, 0.15) is 5.82 Å². The molecule has 0 fully saturated rings. The van der Waals surface area contributed by atoms with Crippen molar-refractivity contribution in [3.63, 3.8) is 0 Å². The summed E-state index contributed by atoms with van der Waals surface area (Å²) < 4.78 is 13.3. The molecule has 0 bridgehead atoms. The highest BCUT2D eigenvalue weighted by Crippen LogP contribution is 2.18. The molecule has 2 aromatic carbocycles. The summed E-state index contributed by atoms with van der Waals surface area (Å²) in [5, 5.41) is 14.6. The zero-order valence-corrected chi connectivity index (χ0v) is 13.1. The molecule has 3 N–H and O–H groups in total. The van der Waals surface area contributed by atoms with Gasteiger partial charge in [0.2, 0.25) is 0 Å². The van der Waals surface area contributed by atoms with Gasteiger partial charge in [-0.1, -0.05) is 30.3 Å². The molecule has 0 radical (unpaired) electrons. The van der Waals surface area contributed by atoms with Crippen LogP contribution in [0.4, 0.5) is 14.9 Å². The quantitative estimate of drug-likeness (QED) is 0.764. The van der Waals surface area contributed by atoms with Crippen LogP contribution in [0, 0.1) is 12.7 Å². The van der Waals surface area contributed by atoms with Crippen LogP contribution in [-0.2, 0) is 0 Å². The summed E-state index contributed by atoms with van der Waals surface area (Å²) in [6.07, 6.45) is 0.559. The van der Waals surface area contributed by atoms with Crippen LogP contribution in [0.1, 0.15) is 23.5 Å². The van der Waals surface area contributed by atoms with Crippen LogP contribution in [0.5, 0.6) is 0 Å². The van der Waals surface area contributed by atoms with E-state index in [1.54, 1.807) is 13.0 Å². The molecular weight excluding hydrogens is 295 g/mol. The Balaban J connectivity index is 1.93. The fourth-order valence-electron chi connectivity index (χ4n) is 2.47. The van der Waals surface area contributed by atoms with Gasteiger partial charge in [-0.15, -0.1) is 0 Å². The fraction of sp³-hybridized carbons (Fsp3) is 0.278. The lowest BCUT2D eigenvalue weighted by atomic mass is 9.96. The van der Waals surface area contributed by atoms with E-state index in [0.29, 0.717) is 18.7 Å². The van der Waals surface area contributed by atoms with E-state index in [4.69, 9.17) is 0 Å². The number of aliphatic hydroxyl groups excluding tert-OH is 1. The summed E-state index contributed by atoms with van der Waals surface area (Å²) >= 11 is 0. The molecule has 1 unspecified atom stereocenters. The van der Waals surface area contributed by atoms with Crippen LogP contribution in [-0.4, -0.2) is 24.3 Å². The van der Waals surface area contributed by atoms with Gasteiger partial charge in [0, 0.05) is 24.8 Å². The van der Waals surface area contributed by atoms with Crippen LogP contribution >= 0.6 is 0 Å². The Kier molecular flexibility index (Phi) is 6.11. The summed E-state index contributed by atoms with van der Waals surface area (Å²) in [6.45, 7) is 2.20. The molecule has 0 aromatic heterocycles. The highest BCUT2D eigenvalue weighted by molar-refractivity contribution is 5.89. The maximum Gasteiger partial charge on any atom is 0.319 e. The van der Waals surface area contributed by atoms with E-state index in [2.05, 4.69) is 10.6 Å². The number of carbonyl (C=O) groups excluding carboxylic acids is 1. The second-order valence-corrected chi connectivity index (χ2v) is 5.47. The molecule has 0 spiro atoms. The van der Waals surface area contributed by atoms with Gasteiger partial charge in [-0.05, 0) is 42.7 Å². The molecular formula is C18H21FN2O2. The number of aliphatic hydroxyl groups is 1. The van der Waals surface area contributed by atoms with Crippen molar-refractivity contribution in [2.75, 3.05) is 18.5 Å². The predicted molar refractivity (Wildman–Crippen MR) is 89.0 cm³/mol. The molecule has 23 heavy (non-hydrogen) atoms. The lowest BCUT2D eigenvalue weighted by Crippen LogP contribution is -2.32. The molecule has 0 heterocycles. The van der Waals surface area contributed by atoms with Crippen LogP contribution < -0.4 is 10.6 Å². The molecule has 122 valence electrons. The maximum atomic E-state index is 13.3. The number of hydrogen-bond acceptors (Lipinski definition) is 2. The largest absolute Gasteiger partial charge is 0.396 e. The first-order chi connectivity index (χ1) is 11.1. The monoisotopic (exact) mass is 316 g/mol. The normalized spacial score (nSPS) is 11.8. The number of anilines is 1. The van der Waals surface area contributed by atoms with Crippen molar-refractivity contribution in [3.05, 3.63) is 65.5 Å². The number of rotatable bonds is 6. The Labute approximate surface area is 135 Å². The summed E-state index contributed by atoms with van der Waals surface area (Å²) in [4.78, 5) is 12.0. The zero-order chi connectivity index (χ0) is 16.7. The number of urea groups is 1. The Hall–Kier alpha value is -2.40. The van der Waals surface area contributed by atoms with Gasteiger partial charge in [-0.25, -0.2) is 9.18 Å². The van der Waals surface area contributed by atoms with E-state index < -0.39 is 6.03 Å². The maximum absolute atomic E-state index is 13.3. The molecule has 2 aromatic rings. The van der Waals surface area contributed by atoms with Crippen LogP contribution in [0.25, 0.3) is 0 Å². The average molecular weight is 316 g/mol. The van der Waals surface area contributed by atoms with Gasteiger partial charge in [0.25, 0.3) is 0 Å². The molecule has 0 saturated carbocycles. The molecule has 4 nitrogen and oxygen atoms in total. The highest BCUT2D eigenvalue weighted by atomic mass is 19.1. The van der Waals surface area contributed by atoms with Crippen molar-refractivity contribution < 1.29 is 14.3 Å². The van der Waals surface area contributed by atoms with E-state index in [0.717, 1.165) is 11.1 Å². The predicted octanol–water partition coefficient (Wildman–Crippen LogP) is 3.42. The number of hydrogen-bond donors (Lipinski definition) is 3. The van der Waals surface area contributed by atoms with Crippen LogP contribution in [0.3, 0.4) is 0 Å². The zero-order valence-electron chi connectivity index (χ0n) is 13.1. The number of carbonyl (C=O) groups is 1. The topological polar surface area (TPSA) is 61.4 Å². The number of nitrogens with one attached hydrogen (secondary N) is 2. The van der Waals surface area contributed by atoms with Gasteiger partial charge >= 0.3 is 6.03 Å². The second-order valence-electron chi connectivity index (χ2n) is 5.47. The molecule has 2 amide bonds. The first-order valence-electron chi connectivity index (χ1n) is 7.56. The minimum atomic E-state index is -0.395. The number of aryl methyl sites for hydroxylation is 1. The Bertz CT molecular complexity index is 626. The first kappa shape index (κ1) is 17.0. The van der Waals surface area contributed by atoms with Gasteiger partial charge in [-0.3, -0.25) is 0 Å². The van der Waals surface area contributed by atoms with Crippen LogP contribution in [0.2, 0.25) is 0 Å². The number of benzene rings is 2. The summed E-state index contributed by atoms with van der Waals surface area (Å²) in [5.74, 6) is -0.357. The highest BCUT2D eigenvalue weighted by Gasteiger charge is 2.12. The third-order valence-electron chi connectivity index (χ3n) is 3.56. The summed E-state index contributed by atoms with van der Waals surface area (Å²) in [7, 11) is 0. The van der Waals surface area contributed by atoms with E-state index in [9.17, 15) is 14.3 Å². The standard InChI is InChI=1S/C18H21FN2O2/c1-13-9-16(19)11-17(10-13)21-18(23)20-12-15(7-8-22)14-5-3-2-4-6-14/h2-6,9-11,15,22H,7-8,12H2,1H3,(H2,20,21,23). The van der Waals surface area contributed by atoms with E-state index in [-0.39, 0.29) is 18.3 Å². The van der Waals surface area contributed by atoms with E-state index in [1.165, 1.54) is 12.1 Å². The third-order valence-corrected chi connectivity index (χ3v) is 3.56. The van der Waals surface area contributed by atoms with Crippen molar-refractivity contribution >= 4 is 11.7 Å². The first-order valence-corrected chi connectivity index (χ1v) is 7.56. The lowest BCUT2D eigenvalue weighted by molar-refractivity contribution is 0.248. The molecule has 0 aliphatic carbocycles. The van der Waals surface area contributed by atoms with Crippen molar-refractivity contribution in [2.45, 2.75) is 19.3 Å². The number of amides is 2. The smallest absolute Gasteiger partial charge is 0.319 e. The Morgan fingerprint density at radius 3 is 2.61 bits per heavy atom. The Morgan fingerprint density at radius 1 is 1.22 bits per heavy atom. The molecule has 2 rings (SSSR count).